The molecule has 1 fully saturated rings. The zero-order valence-electron chi connectivity index (χ0n) is 11.1. The molecule has 1 aliphatic heterocycles. The van der Waals surface area contributed by atoms with Crippen LogP contribution in [0.4, 0.5) is 0 Å². The van der Waals surface area contributed by atoms with E-state index in [0.29, 0.717) is 19.8 Å². The Labute approximate surface area is 102 Å². The summed E-state index contributed by atoms with van der Waals surface area (Å²) in [4.78, 5) is 25.4. The average molecular weight is 242 g/mol. The van der Waals surface area contributed by atoms with Gasteiger partial charge < -0.3 is 15.0 Å². The van der Waals surface area contributed by atoms with Gasteiger partial charge >= 0.3 is 0 Å². The van der Waals surface area contributed by atoms with Gasteiger partial charge in [0.2, 0.25) is 11.8 Å². The van der Waals surface area contributed by atoms with Gasteiger partial charge in [0.15, 0.2) is 0 Å². The number of amides is 2. The first-order valence-corrected chi connectivity index (χ1v) is 6.11. The minimum absolute atomic E-state index is 0.0512. The van der Waals surface area contributed by atoms with Crippen molar-refractivity contribution >= 4 is 11.8 Å². The van der Waals surface area contributed by atoms with Crippen LogP contribution < -0.4 is 5.32 Å². The third-order valence-electron chi connectivity index (χ3n) is 2.90. The monoisotopic (exact) mass is 242 g/mol. The van der Waals surface area contributed by atoms with Crippen LogP contribution in [-0.4, -0.2) is 48.1 Å². The maximum Gasteiger partial charge on any atom is 0.248 e. The molecule has 5 heteroatoms. The Hall–Kier alpha value is -1.10. The molecule has 1 saturated heterocycles. The molecule has 1 aliphatic rings. The summed E-state index contributed by atoms with van der Waals surface area (Å²) in [5.41, 5.74) is -0.811. The highest BCUT2D eigenvalue weighted by Crippen LogP contribution is 2.17. The topological polar surface area (TPSA) is 58.6 Å². The van der Waals surface area contributed by atoms with E-state index in [4.69, 9.17) is 4.74 Å². The van der Waals surface area contributed by atoms with Crippen molar-refractivity contribution in [1.29, 1.82) is 0 Å². The second-order valence-electron chi connectivity index (χ2n) is 4.90. The number of carbonyl (C=O) groups excluding carboxylic acids is 2. The van der Waals surface area contributed by atoms with Gasteiger partial charge in [-0.3, -0.25) is 9.59 Å². The van der Waals surface area contributed by atoms with E-state index in [2.05, 4.69) is 5.32 Å². The number of rotatable bonds is 5. The van der Waals surface area contributed by atoms with Gasteiger partial charge in [-0.05, 0) is 27.2 Å². The van der Waals surface area contributed by atoms with Crippen LogP contribution >= 0.6 is 0 Å². The summed E-state index contributed by atoms with van der Waals surface area (Å²) in [5.74, 6) is -0.158. The van der Waals surface area contributed by atoms with E-state index in [1.807, 2.05) is 6.92 Å². The Balaban J connectivity index is 2.60. The number of ether oxygens (including phenoxy) is 1. The molecule has 2 amide bonds. The minimum Gasteiger partial charge on any atom is -0.380 e. The Kier molecular flexibility index (Phi) is 4.51. The molecule has 1 atom stereocenters. The summed E-state index contributed by atoms with van der Waals surface area (Å²) in [7, 11) is 0. The molecule has 1 N–H and O–H groups in total. The minimum atomic E-state index is -0.811. The SMILES string of the molecule is CCCOCCN1C(=O)C(C)(C)NC(=O)C1C. The molecule has 1 heterocycles. The Morgan fingerprint density at radius 3 is 2.59 bits per heavy atom. The van der Waals surface area contributed by atoms with Gasteiger partial charge in [-0.15, -0.1) is 0 Å². The smallest absolute Gasteiger partial charge is 0.248 e. The van der Waals surface area contributed by atoms with Crippen LogP contribution in [0.25, 0.3) is 0 Å². The lowest BCUT2D eigenvalue weighted by Crippen LogP contribution is -2.67. The molecule has 0 aromatic carbocycles. The molecule has 1 rings (SSSR count). The summed E-state index contributed by atoms with van der Waals surface area (Å²) >= 11 is 0. The van der Waals surface area contributed by atoms with E-state index < -0.39 is 11.6 Å². The van der Waals surface area contributed by atoms with Gasteiger partial charge in [0.1, 0.15) is 11.6 Å². The van der Waals surface area contributed by atoms with Crippen molar-refractivity contribution in [1.82, 2.24) is 10.2 Å². The Morgan fingerprint density at radius 2 is 2.00 bits per heavy atom. The van der Waals surface area contributed by atoms with Gasteiger partial charge in [-0.25, -0.2) is 0 Å². The summed E-state index contributed by atoms with van der Waals surface area (Å²) < 4.78 is 5.36. The van der Waals surface area contributed by atoms with Gasteiger partial charge in [-0.1, -0.05) is 6.92 Å². The van der Waals surface area contributed by atoms with Crippen LogP contribution in [0.1, 0.15) is 34.1 Å². The quantitative estimate of drug-likeness (QED) is 0.716. The first-order valence-electron chi connectivity index (χ1n) is 6.11. The fourth-order valence-electron chi connectivity index (χ4n) is 1.85. The van der Waals surface area contributed by atoms with Gasteiger partial charge in [0.25, 0.3) is 0 Å². The number of carbonyl (C=O) groups is 2. The van der Waals surface area contributed by atoms with Crippen molar-refractivity contribution in [2.45, 2.75) is 45.7 Å². The van der Waals surface area contributed by atoms with Crippen molar-refractivity contribution in [2.24, 2.45) is 0 Å². The molecule has 0 spiro atoms. The second-order valence-corrected chi connectivity index (χ2v) is 4.90. The van der Waals surface area contributed by atoms with Crippen molar-refractivity contribution in [2.75, 3.05) is 19.8 Å². The number of nitrogens with one attached hydrogen (secondary N) is 1. The van der Waals surface area contributed by atoms with E-state index >= 15 is 0 Å². The van der Waals surface area contributed by atoms with E-state index in [9.17, 15) is 9.59 Å². The molecule has 5 nitrogen and oxygen atoms in total. The summed E-state index contributed by atoms with van der Waals surface area (Å²) in [6.07, 6.45) is 0.954. The molecule has 0 bridgehead atoms. The van der Waals surface area contributed by atoms with Crippen molar-refractivity contribution in [3.8, 4) is 0 Å². The van der Waals surface area contributed by atoms with E-state index in [1.54, 1.807) is 25.7 Å². The maximum atomic E-state index is 12.1. The lowest BCUT2D eigenvalue weighted by atomic mass is 9.97. The van der Waals surface area contributed by atoms with Crippen LogP contribution in [0.5, 0.6) is 0 Å². The number of hydrogen-bond donors (Lipinski definition) is 1. The maximum absolute atomic E-state index is 12.1. The highest BCUT2D eigenvalue weighted by molar-refractivity contribution is 5.99. The second kappa shape index (κ2) is 5.49. The average Bonchev–Trinajstić information content (AvgIpc) is 2.25. The molecule has 0 aromatic heterocycles. The first-order chi connectivity index (χ1) is 7.90. The van der Waals surface area contributed by atoms with Gasteiger partial charge in [0.05, 0.1) is 6.61 Å². The normalized spacial score (nSPS) is 23.8. The molecular weight excluding hydrogens is 220 g/mol. The summed E-state index contributed by atoms with van der Waals surface area (Å²) in [5, 5.41) is 2.72. The van der Waals surface area contributed by atoms with Crippen LogP contribution in [-0.2, 0) is 14.3 Å². The molecule has 17 heavy (non-hydrogen) atoms. The fraction of sp³-hybridized carbons (Fsp3) is 0.833. The lowest BCUT2D eigenvalue weighted by molar-refractivity contribution is -0.153. The van der Waals surface area contributed by atoms with Crippen molar-refractivity contribution < 1.29 is 14.3 Å². The Morgan fingerprint density at radius 1 is 1.35 bits per heavy atom. The van der Waals surface area contributed by atoms with E-state index in [1.165, 1.54) is 0 Å². The molecule has 98 valence electrons. The zero-order valence-corrected chi connectivity index (χ0v) is 11.1. The van der Waals surface area contributed by atoms with Crippen LogP contribution in [0.2, 0.25) is 0 Å². The fourth-order valence-corrected chi connectivity index (χ4v) is 1.85. The third kappa shape index (κ3) is 3.19. The van der Waals surface area contributed by atoms with E-state index in [-0.39, 0.29) is 11.8 Å². The van der Waals surface area contributed by atoms with Gasteiger partial charge in [-0.2, -0.15) is 0 Å². The molecular formula is C12H22N2O3. The number of piperazine rings is 1. The third-order valence-corrected chi connectivity index (χ3v) is 2.90. The standard InChI is InChI=1S/C12H22N2O3/c1-5-7-17-8-6-14-9(2)10(15)13-12(3,4)11(14)16/h9H,5-8H2,1-4H3,(H,13,15). The lowest BCUT2D eigenvalue weighted by Gasteiger charge is -2.41. The molecule has 0 radical (unpaired) electrons. The highest BCUT2D eigenvalue weighted by atomic mass is 16.5. The number of hydrogen-bond acceptors (Lipinski definition) is 3. The van der Waals surface area contributed by atoms with Crippen LogP contribution in [0.15, 0.2) is 0 Å². The zero-order chi connectivity index (χ0) is 13.1. The molecule has 0 aliphatic carbocycles. The molecule has 0 saturated carbocycles. The van der Waals surface area contributed by atoms with Gasteiger partial charge in [0, 0.05) is 13.2 Å². The predicted octanol–water partition coefficient (Wildman–Crippen LogP) is 0.539. The molecule has 1 unspecified atom stereocenters. The largest absolute Gasteiger partial charge is 0.380 e. The Bertz CT molecular complexity index is 302. The van der Waals surface area contributed by atoms with E-state index in [0.717, 1.165) is 6.42 Å². The van der Waals surface area contributed by atoms with Crippen molar-refractivity contribution in [3.05, 3.63) is 0 Å². The van der Waals surface area contributed by atoms with Crippen molar-refractivity contribution in [3.63, 3.8) is 0 Å². The van der Waals surface area contributed by atoms with Crippen LogP contribution in [0.3, 0.4) is 0 Å². The predicted molar refractivity (Wildman–Crippen MR) is 64.5 cm³/mol. The number of nitrogens with zero attached hydrogens (tertiary/aromatic N) is 1. The molecule has 0 aromatic rings. The van der Waals surface area contributed by atoms with Crippen LogP contribution in [0, 0.1) is 0 Å². The first kappa shape index (κ1) is 14.0. The summed E-state index contributed by atoms with van der Waals surface area (Å²) in [6, 6.07) is -0.416. The highest BCUT2D eigenvalue weighted by Gasteiger charge is 2.42. The summed E-state index contributed by atoms with van der Waals surface area (Å²) in [6.45, 7) is 8.85.